The maximum absolute atomic E-state index is 12.5. The van der Waals surface area contributed by atoms with Gasteiger partial charge in [-0.2, -0.15) is 0 Å². The zero-order valence-electron chi connectivity index (χ0n) is 11.9. The van der Waals surface area contributed by atoms with E-state index in [2.05, 4.69) is 5.32 Å². The number of carbonyl (C=O) groups is 2. The third-order valence-corrected chi connectivity index (χ3v) is 3.63. The zero-order chi connectivity index (χ0) is 15.4. The summed E-state index contributed by atoms with van der Waals surface area (Å²) in [4.78, 5) is 24.0. The molecular weight excluding hydrogens is 274 g/mol. The lowest BCUT2D eigenvalue weighted by atomic mass is 9.85. The fourth-order valence-electron chi connectivity index (χ4n) is 2.45. The van der Waals surface area contributed by atoms with Crippen molar-refractivity contribution in [3.8, 4) is 0 Å². The number of amides is 1. The Bertz CT molecular complexity index is 730. The van der Waals surface area contributed by atoms with Gasteiger partial charge in [-0.05, 0) is 42.0 Å². The van der Waals surface area contributed by atoms with Crippen LogP contribution >= 0.6 is 0 Å². The first-order valence-electron chi connectivity index (χ1n) is 7.05. The highest BCUT2D eigenvalue weighted by molar-refractivity contribution is 6.01. The van der Waals surface area contributed by atoms with Gasteiger partial charge in [-0.25, -0.2) is 0 Å². The number of ketones is 1. The second-order valence-corrected chi connectivity index (χ2v) is 5.12. The monoisotopic (exact) mass is 289 g/mol. The van der Waals surface area contributed by atoms with E-state index < -0.39 is 5.54 Å². The number of hydrogen-bond donors (Lipinski definition) is 1. The molecule has 22 heavy (non-hydrogen) atoms. The van der Waals surface area contributed by atoms with Gasteiger partial charge in [0.2, 0.25) is 0 Å². The van der Waals surface area contributed by atoms with Gasteiger partial charge in [0.1, 0.15) is 5.54 Å². The van der Waals surface area contributed by atoms with E-state index in [0.717, 1.165) is 5.56 Å². The Morgan fingerprint density at radius 2 is 1.36 bits per heavy atom. The van der Waals surface area contributed by atoms with E-state index in [1.807, 2.05) is 48.5 Å². The summed E-state index contributed by atoms with van der Waals surface area (Å²) in [5.41, 5.74) is 0.679. The van der Waals surface area contributed by atoms with Gasteiger partial charge in [-0.15, -0.1) is 0 Å². The van der Waals surface area contributed by atoms with Gasteiger partial charge in [-0.3, -0.25) is 9.59 Å². The number of nitrogens with one attached hydrogen (secondary N) is 1. The van der Waals surface area contributed by atoms with E-state index >= 15 is 0 Å². The summed E-state index contributed by atoms with van der Waals surface area (Å²) in [6.45, 7) is 0. The summed E-state index contributed by atoms with van der Waals surface area (Å²) < 4.78 is 0. The Hall–Kier alpha value is -2.94. The lowest BCUT2D eigenvalue weighted by molar-refractivity contribution is -0.110. The predicted octanol–water partition coefficient (Wildman–Crippen LogP) is 3.01. The van der Waals surface area contributed by atoms with E-state index in [-0.39, 0.29) is 11.7 Å². The van der Waals surface area contributed by atoms with Gasteiger partial charge in [0, 0.05) is 5.56 Å². The van der Waals surface area contributed by atoms with Crippen molar-refractivity contribution < 1.29 is 9.59 Å². The van der Waals surface area contributed by atoms with Crippen molar-refractivity contribution in [2.45, 2.75) is 5.54 Å². The number of carbonyl (C=O) groups excluding carboxylic acids is 2. The number of hydrogen-bond acceptors (Lipinski definition) is 2. The van der Waals surface area contributed by atoms with Crippen LogP contribution in [0.3, 0.4) is 0 Å². The fraction of sp³-hybridized carbons (Fsp3) is 0.0526. The van der Waals surface area contributed by atoms with Crippen LogP contribution in [0.25, 0.3) is 0 Å². The molecule has 0 unspecified atom stereocenters. The molecule has 3 nitrogen and oxygen atoms in total. The largest absolute Gasteiger partial charge is 0.335 e. The summed E-state index contributed by atoms with van der Waals surface area (Å²) in [5, 5.41) is 3.02. The molecule has 2 aromatic rings. The lowest BCUT2D eigenvalue weighted by Gasteiger charge is -2.31. The van der Waals surface area contributed by atoms with Crippen LogP contribution in [0.1, 0.15) is 15.9 Å². The highest BCUT2D eigenvalue weighted by Gasteiger charge is 2.30. The molecule has 108 valence electrons. The third kappa shape index (κ3) is 2.74. The molecule has 3 rings (SSSR count). The van der Waals surface area contributed by atoms with Gasteiger partial charge >= 0.3 is 0 Å². The van der Waals surface area contributed by atoms with Gasteiger partial charge in [0.15, 0.2) is 5.78 Å². The predicted molar refractivity (Wildman–Crippen MR) is 85.3 cm³/mol. The van der Waals surface area contributed by atoms with Crippen LogP contribution in [0.15, 0.2) is 85.0 Å². The van der Waals surface area contributed by atoms with Gasteiger partial charge in [0.05, 0.1) is 0 Å². The summed E-state index contributed by atoms with van der Waals surface area (Å²) in [5.74, 6) is -0.270. The van der Waals surface area contributed by atoms with E-state index in [1.165, 1.54) is 12.2 Å². The first-order valence-corrected chi connectivity index (χ1v) is 7.05. The molecule has 1 aliphatic rings. The normalized spacial score (nSPS) is 15.5. The van der Waals surface area contributed by atoms with Crippen molar-refractivity contribution >= 4 is 11.7 Å². The molecule has 0 aliphatic heterocycles. The molecule has 0 saturated heterocycles. The van der Waals surface area contributed by atoms with E-state index in [9.17, 15) is 9.59 Å². The minimum Gasteiger partial charge on any atom is -0.335 e. The zero-order valence-corrected chi connectivity index (χ0v) is 11.9. The summed E-state index contributed by atoms with van der Waals surface area (Å²) >= 11 is 0. The van der Waals surface area contributed by atoms with Crippen LogP contribution in [0.2, 0.25) is 0 Å². The molecule has 0 heterocycles. The molecule has 0 radical (unpaired) electrons. The number of benzene rings is 2. The average molecular weight is 289 g/mol. The Labute approximate surface area is 129 Å². The molecular formula is C19H15NO2. The topological polar surface area (TPSA) is 46.2 Å². The van der Waals surface area contributed by atoms with Crippen LogP contribution in [0.4, 0.5) is 0 Å². The Morgan fingerprint density at radius 1 is 0.818 bits per heavy atom. The van der Waals surface area contributed by atoms with Crippen LogP contribution in [-0.2, 0) is 10.3 Å². The SMILES string of the molecule is O=C1C=CC(NC(=O)c2ccccc2)(c2ccccc2)C=C1. The van der Waals surface area contributed by atoms with Crippen molar-refractivity contribution in [1.29, 1.82) is 0 Å². The second-order valence-electron chi connectivity index (χ2n) is 5.12. The Kier molecular flexibility index (Phi) is 3.71. The molecule has 0 atom stereocenters. The minimum atomic E-state index is -0.803. The maximum atomic E-state index is 12.5. The number of rotatable bonds is 3. The average Bonchev–Trinajstić information content (AvgIpc) is 2.59. The minimum absolute atomic E-state index is 0.0829. The standard InChI is InChI=1S/C19H15NO2/c21-17-11-13-19(14-12-17,16-9-5-2-6-10-16)20-18(22)15-7-3-1-4-8-15/h1-14H,(H,20,22). The second kappa shape index (κ2) is 5.82. The first-order chi connectivity index (χ1) is 10.7. The molecule has 2 aromatic carbocycles. The van der Waals surface area contributed by atoms with Crippen LogP contribution in [0, 0.1) is 0 Å². The van der Waals surface area contributed by atoms with Crippen molar-refractivity contribution in [1.82, 2.24) is 5.32 Å². The van der Waals surface area contributed by atoms with Crippen LogP contribution in [-0.4, -0.2) is 11.7 Å². The van der Waals surface area contributed by atoms with E-state index in [1.54, 1.807) is 24.3 Å². The van der Waals surface area contributed by atoms with Crippen molar-refractivity contribution in [3.05, 3.63) is 96.1 Å². The van der Waals surface area contributed by atoms with Crippen LogP contribution < -0.4 is 5.32 Å². The number of allylic oxidation sites excluding steroid dienone is 2. The maximum Gasteiger partial charge on any atom is 0.252 e. The summed E-state index contributed by atoms with van der Waals surface area (Å²) in [6.07, 6.45) is 6.42. The quantitative estimate of drug-likeness (QED) is 0.944. The summed E-state index contributed by atoms with van der Waals surface area (Å²) in [6, 6.07) is 18.6. The smallest absolute Gasteiger partial charge is 0.252 e. The molecule has 1 N–H and O–H groups in total. The molecule has 0 aromatic heterocycles. The summed E-state index contributed by atoms with van der Waals surface area (Å²) in [7, 11) is 0. The van der Waals surface area contributed by atoms with Crippen molar-refractivity contribution in [2.75, 3.05) is 0 Å². The molecule has 0 spiro atoms. The van der Waals surface area contributed by atoms with Crippen LogP contribution in [0.5, 0.6) is 0 Å². The van der Waals surface area contributed by atoms with Gasteiger partial charge in [-0.1, -0.05) is 48.5 Å². The molecule has 0 fully saturated rings. The molecule has 0 bridgehead atoms. The fourth-order valence-corrected chi connectivity index (χ4v) is 2.45. The molecule has 3 heteroatoms. The molecule has 0 saturated carbocycles. The lowest BCUT2D eigenvalue weighted by Crippen LogP contribution is -2.44. The van der Waals surface area contributed by atoms with Crippen molar-refractivity contribution in [2.24, 2.45) is 0 Å². The first kappa shape index (κ1) is 14.0. The van der Waals surface area contributed by atoms with Crippen molar-refractivity contribution in [3.63, 3.8) is 0 Å². The molecule has 1 amide bonds. The van der Waals surface area contributed by atoms with E-state index in [0.29, 0.717) is 5.56 Å². The highest BCUT2D eigenvalue weighted by atomic mass is 16.2. The van der Waals surface area contributed by atoms with Gasteiger partial charge in [0.25, 0.3) is 5.91 Å². The Balaban J connectivity index is 1.97. The van der Waals surface area contributed by atoms with E-state index in [4.69, 9.17) is 0 Å². The van der Waals surface area contributed by atoms with Gasteiger partial charge < -0.3 is 5.32 Å². The third-order valence-electron chi connectivity index (χ3n) is 3.63. The molecule has 1 aliphatic carbocycles. The Morgan fingerprint density at radius 3 is 1.95 bits per heavy atom. The highest BCUT2D eigenvalue weighted by Crippen LogP contribution is 2.27.